The fourth-order valence-electron chi connectivity index (χ4n) is 5.47. The van der Waals surface area contributed by atoms with Crippen molar-refractivity contribution in [3.05, 3.63) is 83.4 Å². The maximum Gasteiger partial charge on any atom is 0.513 e. The van der Waals surface area contributed by atoms with Crippen molar-refractivity contribution >= 4 is 40.1 Å². The molecule has 5 aromatic rings. The SMILES string of the molecule is CCOC(=O)c1ccccc1OCCNC(=O)c1ccc2nc(C(C)c3nc4cc(OC(=O)OC)ccc4n3CC(C)C)n(C)c2c1. The molecule has 1 amide bonds. The van der Waals surface area contributed by atoms with Crippen LogP contribution in [-0.2, 0) is 23.1 Å². The highest BCUT2D eigenvalue weighted by atomic mass is 16.7. The monoisotopic (exact) mass is 641 g/mol. The number of methoxy groups -OCH3 is 1. The van der Waals surface area contributed by atoms with Crippen LogP contribution in [0.3, 0.4) is 0 Å². The second-order valence-corrected chi connectivity index (χ2v) is 11.5. The number of hydrogen-bond donors (Lipinski definition) is 1. The molecule has 0 saturated carbocycles. The van der Waals surface area contributed by atoms with Crippen molar-refractivity contribution in [1.29, 1.82) is 0 Å². The number of imidazole rings is 2. The van der Waals surface area contributed by atoms with Gasteiger partial charge in [-0.25, -0.2) is 19.6 Å². The highest BCUT2D eigenvalue weighted by molar-refractivity contribution is 5.97. The third kappa shape index (κ3) is 7.21. The van der Waals surface area contributed by atoms with Crippen molar-refractivity contribution < 1.29 is 33.3 Å². The number of aromatic nitrogens is 4. The van der Waals surface area contributed by atoms with Crippen LogP contribution in [0.25, 0.3) is 22.1 Å². The van der Waals surface area contributed by atoms with Gasteiger partial charge >= 0.3 is 12.1 Å². The molecule has 0 aliphatic rings. The number of esters is 1. The lowest BCUT2D eigenvalue weighted by Gasteiger charge is -2.16. The zero-order valence-corrected chi connectivity index (χ0v) is 27.4. The second-order valence-electron chi connectivity index (χ2n) is 11.5. The summed E-state index contributed by atoms with van der Waals surface area (Å²) in [5, 5.41) is 2.88. The lowest BCUT2D eigenvalue weighted by Crippen LogP contribution is -2.28. The quantitative estimate of drug-likeness (QED) is 0.101. The van der Waals surface area contributed by atoms with Crippen molar-refractivity contribution in [2.24, 2.45) is 13.0 Å². The van der Waals surface area contributed by atoms with Crippen molar-refractivity contribution in [2.45, 2.75) is 40.2 Å². The van der Waals surface area contributed by atoms with Crippen LogP contribution in [0.5, 0.6) is 11.5 Å². The Morgan fingerprint density at radius 1 is 0.915 bits per heavy atom. The Labute approximate surface area is 272 Å². The number of fused-ring (bicyclic) bond motifs is 2. The van der Waals surface area contributed by atoms with Crippen LogP contribution in [0.4, 0.5) is 4.79 Å². The van der Waals surface area contributed by atoms with Gasteiger partial charge in [0.1, 0.15) is 35.3 Å². The number of aryl methyl sites for hydroxylation is 1. The summed E-state index contributed by atoms with van der Waals surface area (Å²) in [4.78, 5) is 46.8. The second kappa shape index (κ2) is 14.4. The van der Waals surface area contributed by atoms with Gasteiger partial charge in [0.2, 0.25) is 0 Å². The maximum absolute atomic E-state index is 13.1. The van der Waals surface area contributed by atoms with Gasteiger partial charge in [-0.3, -0.25) is 4.79 Å². The average Bonchev–Trinajstić information content (AvgIpc) is 3.58. The molecule has 2 heterocycles. The molecule has 0 bridgehead atoms. The van der Waals surface area contributed by atoms with Gasteiger partial charge in [0.25, 0.3) is 5.91 Å². The molecule has 0 fully saturated rings. The average molecular weight is 642 g/mol. The van der Waals surface area contributed by atoms with Gasteiger partial charge in [0.15, 0.2) is 0 Å². The first-order valence-corrected chi connectivity index (χ1v) is 15.5. The van der Waals surface area contributed by atoms with Crippen molar-refractivity contribution in [2.75, 3.05) is 26.9 Å². The van der Waals surface area contributed by atoms with Crippen LogP contribution in [0, 0.1) is 5.92 Å². The number of nitrogens with zero attached hydrogens (tertiary/aromatic N) is 4. The zero-order valence-electron chi connectivity index (χ0n) is 27.4. The number of carbonyl (C=O) groups is 3. The van der Waals surface area contributed by atoms with Gasteiger partial charge in [-0.1, -0.05) is 26.0 Å². The number of carbonyl (C=O) groups excluding carboxylic acids is 3. The minimum atomic E-state index is -0.794. The minimum absolute atomic E-state index is 0.172. The van der Waals surface area contributed by atoms with E-state index in [0.717, 1.165) is 34.7 Å². The van der Waals surface area contributed by atoms with Crippen molar-refractivity contribution in [3.63, 3.8) is 0 Å². The van der Waals surface area contributed by atoms with Crippen LogP contribution in [0.2, 0.25) is 0 Å². The Bertz CT molecular complexity index is 1930. The normalized spacial score (nSPS) is 11.9. The lowest BCUT2D eigenvalue weighted by atomic mass is 10.1. The molecule has 0 aliphatic heterocycles. The first kappa shape index (κ1) is 33.0. The molecule has 0 radical (unpaired) electrons. The number of nitrogens with one attached hydrogen (secondary N) is 1. The Hall–Kier alpha value is -5.39. The molecule has 246 valence electrons. The molecule has 0 saturated heterocycles. The van der Waals surface area contributed by atoms with E-state index in [-0.39, 0.29) is 31.6 Å². The molecule has 3 aromatic carbocycles. The van der Waals surface area contributed by atoms with Gasteiger partial charge in [0, 0.05) is 25.2 Å². The summed E-state index contributed by atoms with van der Waals surface area (Å²) in [6.07, 6.45) is -0.794. The molecule has 1 unspecified atom stereocenters. The topological polar surface area (TPSA) is 136 Å². The van der Waals surface area contributed by atoms with Crippen LogP contribution < -0.4 is 14.8 Å². The number of benzene rings is 3. The van der Waals surface area contributed by atoms with E-state index < -0.39 is 12.1 Å². The van der Waals surface area contributed by atoms with Crippen LogP contribution in [-0.4, -0.2) is 64.0 Å². The Morgan fingerprint density at radius 2 is 1.68 bits per heavy atom. The predicted molar refractivity (Wildman–Crippen MR) is 176 cm³/mol. The summed E-state index contributed by atoms with van der Waals surface area (Å²) in [5.41, 5.74) is 4.00. The highest BCUT2D eigenvalue weighted by Crippen LogP contribution is 2.31. The molecule has 47 heavy (non-hydrogen) atoms. The van der Waals surface area contributed by atoms with Gasteiger partial charge in [-0.05, 0) is 62.2 Å². The molecule has 0 aliphatic carbocycles. The number of para-hydroxylation sites is 1. The Kier molecular flexibility index (Phi) is 10.1. The first-order chi connectivity index (χ1) is 22.6. The number of amides is 1. The molecule has 0 spiro atoms. The molecular formula is C35H39N5O7. The third-order valence-electron chi connectivity index (χ3n) is 7.64. The summed E-state index contributed by atoms with van der Waals surface area (Å²) in [6, 6.07) is 17.6. The molecular weight excluding hydrogens is 602 g/mol. The van der Waals surface area contributed by atoms with E-state index in [1.54, 1.807) is 49.4 Å². The fraction of sp³-hybridized carbons (Fsp3) is 0.343. The van der Waals surface area contributed by atoms with E-state index in [9.17, 15) is 14.4 Å². The van der Waals surface area contributed by atoms with Crippen LogP contribution >= 0.6 is 0 Å². The number of hydrogen-bond acceptors (Lipinski definition) is 9. The standard InChI is InChI=1S/C35H39N5O7/c1-7-45-34(42)25-10-8-9-11-30(25)46-17-16-36-33(41)23-12-14-26-29(18-23)39(5)31(37-26)22(4)32-38-27-19-24(47-35(43)44-6)13-15-28(27)40(32)20-21(2)3/h8-15,18-19,21-22H,7,16-17,20H2,1-6H3,(H,36,41). The minimum Gasteiger partial charge on any atom is -0.491 e. The Morgan fingerprint density at radius 3 is 2.43 bits per heavy atom. The summed E-state index contributed by atoms with van der Waals surface area (Å²) in [5.74, 6) is 1.80. The van der Waals surface area contributed by atoms with Crippen molar-refractivity contribution in [1.82, 2.24) is 24.4 Å². The molecule has 12 nitrogen and oxygen atoms in total. The molecule has 12 heteroatoms. The number of ether oxygens (including phenoxy) is 4. The highest BCUT2D eigenvalue weighted by Gasteiger charge is 2.24. The van der Waals surface area contributed by atoms with Gasteiger partial charge in [0.05, 0.1) is 48.2 Å². The smallest absolute Gasteiger partial charge is 0.491 e. The molecule has 2 aromatic heterocycles. The van der Waals surface area contributed by atoms with Gasteiger partial charge in [-0.15, -0.1) is 0 Å². The van der Waals surface area contributed by atoms with Crippen molar-refractivity contribution in [3.8, 4) is 11.5 Å². The first-order valence-electron chi connectivity index (χ1n) is 15.5. The predicted octanol–water partition coefficient (Wildman–Crippen LogP) is 5.86. The summed E-state index contributed by atoms with van der Waals surface area (Å²) in [6.45, 7) is 9.50. The van der Waals surface area contributed by atoms with E-state index >= 15 is 0 Å². The lowest BCUT2D eigenvalue weighted by molar-refractivity contribution is 0.0521. The molecule has 1 N–H and O–H groups in total. The molecule has 5 rings (SSSR count). The van der Waals surface area contributed by atoms with Gasteiger partial charge < -0.3 is 33.4 Å². The van der Waals surface area contributed by atoms with Crippen LogP contribution in [0.1, 0.15) is 66.0 Å². The maximum atomic E-state index is 13.1. The van der Waals surface area contributed by atoms with E-state index in [1.807, 2.05) is 29.8 Å². The summed E-state index contributed by atoms with van der Waals surface area (Å²) < 4.78 is 24.9. The van der Waals surface area contributed by atoms with E-state index in [2.05, 4.69) is 35.4 Å². The van der Waals surface area contributed by atoms with E-state index in [4.69, 9.17) is 24.2 Å². The largest absolute Gasteiger partial charge is 0.513 e. The van der Waals surface area contributed by atoms with Crippen LogP contribution in [0.15, 0.2) is 60.7 Å². The third-order valence-corrected chi connectivity index (χ3v) is 7.64. The fourth-order valence-corrected chi connectivity index (χ4v) is 5.47. The Balaban J connectivity index is 1.33. The number of rotatable bonds is 12. The summed E-state index contributed by atoms with van der Waals surface area (Å²) in [7, 11) is 3.19. The zero-order chi connectivity index (χ0) is 33.7. The van der Waals surface area contributed by atoms with E-state index in [1.165, 1.54) is 7.11 Å². The summed E-state index contributed by atoms with van der Waals surface area (Å²) >= 11 is 0. The molecule has 1 atom stereocenters. The van der Waals surface area contributed by atoms with E-state index in [0.29, 0.717) is 34.1 Å². The van der Waals surface area contributed by atoms with Gasteiger partial charge in [-0.2, -0.15) is 0 Å².